The average Bonchev–Trinajstić information content (AvgIpc) is 3.53. The molecule has 2 amide bonds. The number of rotatable bonds is 20. The smallest absolute Gasteiger partial charge is 0.261 e. The minimum atomic E-state index is -0.287. The van der Waals surface area contributed by atoms with Crippen molar-refractivity contribution in [2.75, 3.05) is 93.4 Å². The first-order valence-corrected chi connectivity index (χ1v) is 15.1. The molecule has 0 saturated heterocycles. The Morgan fingerprint density at radius 2 is 0.848 bits per heavy atom. The Labute approximate surface area is 270 Å². The summed E-state index contributed by atoms with van der Waals surface area (Å²) in [5, 5.41) is 0. The van der Waals surface area contributed by atoms with Crippen molar-refractivity contribution in [2.24, 2.45) is 0 Å². The number of hydrogen-bond donors (Lipinski definition) is 0. The van der Waals surface area contributed by atoms with Crippen molar-refractivity contribution in [3.8, 4) is 24.7 Å². The molecule has 4 rings (SSSR count). The van der Waals surface area contributed by atoms with Crippen molar-refractivity contribution in [1.82, 2.24) is 9.80 Å². The van der Waals surface area contributed by atoms with Crippen LogP contribution in [0.25, 0.3) is 11.4 Å². The first kappa shape index (κ1) is 34.6. The van der Waals surface area contributed by atoms with Crippen LogP contribution in [0, 0.1) is 24.7 Å². The van der Waals surface area contributed by atoms with Gasteiger partial charge in [0.1, 0.15) is 0 Å². The van der Waals surface area contributed by atoms with Gasteiger partial charge in [0.2, 0.25) is 0 Å². The fraction of sp³-hybridized carbons (Fsp3) is 0.389. The van der Waals surface area contributed by atoms with E-state index >= 15 is 0 Å². The Hall–Kier alpha value is -4.26. The third-order valence-corrected chi connectivity index (χ3v) is 7.36. The standard InChI is InChI=1S/C36H40N2O8/c1-5-27-7-11-29(12-8-27)33-31-32(36(40)37(33)15-17-43-23-25-45-21-19-41-3)34(30-13-9-28(6-2)10-14-30)38(35(31)39)16-18-44-24-26-46-22-20-42-4/h1-2,7-14H,15-26H2,3-4H3. The second kappa shape index (κ2) is 18.0. The molecule has 10 heteroatoms. The number of methoxy groups -OCH3 is 2. The molecule has 2 aliphatic heterocycles. The lowest BCUT2D eigenvalue weighted by Crippen LogP contribution is -2.33. The molecule has 0 aromatic heterocycles. The molecule has 2 aromatic rings. The van der Waals surface area contributed by atoms with Gasteiger partial charge in [0.25, 0.3) is 11.8 Å². The fourth-order valence-electron chi connectivity index (χ4n) is 5.11. The molecule has 10 nitrogen and oxygen atoms in total. The summed E-state index contributed by atoms with van der Waals surface area (Å²) in [5.41, 5.74) is 4.47. The zero-order valence-electron chi connectivity index (χ0n) is 26.4. The van der Waals surface area contributed by atoms with Crippen molar-refractivity contribution in [3.63, 3.8) is 0 Å². The molecule has 0 unspecified atom stereocenters. The molecule has 2 aromatic carbocycles. The van der Waals surface area contributed by atoms with Gasteiger partial charge in [-0.05, 0) is 35.4 Å². The molecule has 2 aliphatic rings. The highest BCUT2D eigenvalue weighted by Crippen LogP contribution is 2.46. The predicted octanol–water partition coefficient (Wildman–Crippen LogP) is 2.82. The number of hydrogen-bond acceptors (Lipinski definition) is 8. The molecule has 0 bridgehead atoms. The molecule has 0 spiro atoms. The van der Waals surface area contributed by atoms with Crippen LogP contribution in [-0.2, 0) is 38.0 Å². The second-order valence-corrected chi connectivity index (χ2v) is 10.2. The van der Waals surface area contributed by atoms with Crippen LogP contribution in [0.5, 0.6) is 0 Å². The minimum absolute atomic E-state index is 0.235. The van der Waals surface area contributed by atoms with Crippen LogP contribution in [0.3, 0.4) is 0 Å². The second-order valence-electron chi connectivity index (χ2n) is 10.2. The van der Waals surface area contributed by atoms with Crippen molar-refractivity contribution in [2.45, 2.75) is 0 Å². The largest absolute Gasteiger partial charge is 0.382 e. The van der Waals surface area contributed by atoms with Crippen LogP contribution in [-0.4, -0.2) is 115 Å². The molecule has 0 atom stereocenters. The van der Waals surface area contributed by atoms with Crippen molar-refractivity contribution < 1.29 is 38.0 Å². The number of nitrogens with zero attached hydrogens (tertiary/aromatic N) is 2. The number of carbonyl (C=O) groups excluding carboxylic acids is 2. The van der Waals surface area contributed by atoms with Gasteiger partial charge in [0.05, 0.1) is 88.6 Å². The third kappa shape index (κ3) is 8.51. The molecule has 0 aliphatic carbocycles. The molecule has 0 fully saturated rings. The van der Waals surface area contributed by atoms with E-state index in [0.717, 1.165) is 0 Å². The van der Waals surface area contributed by atoms with Crippen molar-refractivity contribution in [1.29, 1.82) is 0 Å². The Morgan fingerprint density at radius 3 is 1.17 bits per heavy atom. The van der Waals surface area contributed by atoms with Crippen LogP contribution in [0.4, 0.5) is 0 Å². The highest BCUT2D eigenvalue weighted by Gasteiger charge is 2.48. The van der Waals surface area contributed by atoms with Gasteiger partial charge >= 0.3 is 0 Å². The third-order valence-electron chi connectivity index (χ3n) is 7.36. The highest BCUT2D eigenvalue weighted by molar-refractivity contribution is 6.30. The maximum absolute atomic E-state index is 14.3. The predicted molar refractivity (Wildman–Crippen MR) is 173 cm³/mol. The molecule has 242 valence electrons. The van der Waals surface area contributed by atoms with E-state index in [-0.39, 0.29) is 38.1 Å². The van der Waals surface area contributed by atoms with Gasteiger partial charge in [-0.15, -0.1) is 12.8 Å². The van der Waals surface area contributed by atoms with Gasteiger partial charge in [-0.3, -0.25) is 9.59 Å². The number of fused-ring (bicyclic) bond motifs is 1. The van der Waals surface area contributed by atoms with Gasteiger partial charge in [-0.2, -0.15) is 0 Å². The number of carbonyl (C=O) groups is 2. The number of benzene rings is 2. The lowest BCUT2D eigenvalue weighted by molar-refractivity contribution is -0.124. The zero-order chi connectivity index (χ0) is 32.7. The van der Waals surface area contributed by atoms with E-state index in [0.29, 0.717) is 97.6 Å². The summed E-state index contributed by atoms with van der Waals surface area (Å²) in [6.45, 7) is 4.42. The maximum atomic E-state index is 14.3. The maximum Gasteiger partial charge on any atom is 0.261 e. The van der Waals surface area contributed by atoms with E-state index in [1.165, 1.54) is 0 Å². The topological polar surface area (TPSA) is 96.0 Å². The highest BCUT2D eigenvalue weighted by atomic mass is 16.5. The van der Waals surface area contributed by atoms with E-state index in [2.05, 4.69) is 11.8 Å². The number of terminal acetylenes is 2. The Kier molecular flexibility index (Phi) is 13.6. The van der Waals surface area contributed by atoms with Gasteiger partial charge in [-0.25, -0.2) is 0 Å². The Morgan fingerprint density at radius 1 is 0.522 bits per heavy atom. The summed E-state index contributed by atoms with van der Waals surface area (Å²) in [6.07, 6.45) is 11.2. The Bertz CT molecular complexity index is 1370. The SMILES string of the molecule is C#Cc1ccc(C2=C3C(=O)N(CCOCCOCCOC)C(c4ccc(C#C)cc4)=C3C(=O)N2CCOCCOCCOC)cc1. The zero-order valence-corrected chi connectivity index (χ0v) is 26.4. The van der Waals surface area contributed by atoms with E-state index < -0.39 is 0 Å². The normalized spacial score (nSPS) is 14.3. The summed E-state index contributed by atoms with van der Waals surface area (Å²) in [4.78, 5) is 31.7. The van der Waals surface area contributed by atoms with Crippen LogP contribution in [0.2, 0.25) is 0 Å². The van der Waals surface area contributed by atoms with Crippen LogP contribution in [0.1, 0.15) is 22.3 Å². The monoisotopic (exact) mass is 628 g/mol. The van der Waals surface area contributed by atoms with Gasteiger partial charge in [0.15, 0.2) is 0 Å². The Balaban J connectivity index is 1.63. The average molecular weight is 629 g/mol. The van der Waals surface area contributed by atoms with E-state index in [4.69, 9.17) is 41.3 Å². The molecule has 46 heavy (non-hydrogen) atoms. The number of ether oxygens (including phenoxy) is 6. The van der Waals surface area contributed by atoms with E-state index in [1.54, 1.807) is 48.3 Å². The van der Waals surface area contributed by atoms with Crippen LogP contribution < -0.4 is 0 Å². The lowest BCUT2D eigenvalue weighted by Gasteiger charge is -2.25. The molecule has 0 radical (unpaired) electrons. The van der Waals surface area contributed by atoms with Gasteiger partial charge in [-0.1, -0.05) is 36.1 Å². The number of amides is 2. The summed E-state index contributed by atoms with van der Waals surface area (Å²) in [6, 6.07) is 14.5. The van der Waals surface area contributed by atoms with Crippen LogP contribution >= 0.6 is 0 Å². The molecular formula is C36H40N2O8. The molecule has 0 N–H and O–H groups in total. The molecular weight excluding hydrogens is 588 g/mol. The summed E-state index contributed by atoms with van der Waals surface area (Å²) in [7, 11) is 3.23. The minimum Gasteiger partial charge on any atom is -0.382 e. The van der Waals surface area contributed by atoms with E-state index in [1.807, 2.05) is 24.3 Å². The van der Waals surface area contributed by atoms with Gasteiger partial charge in [0, 0.05) is 38.4 Å². The lowest BCUT2D eigenvalue weighted by atomic mass is 10.0. The molecule has 2 heterocycles. The van der Waals surface area contributed by atoms with Gasteiger partial charge < -0.3 is 38.2 Å². The van der Waals surface area contributed by atoms with Crippen LogP contribution in [0.15, 0.2) is 59.7 Å². The van der Waals surface area contributed by atoms with Crippen molar-refractivity contribution >= 4 is 23.2 Å². The molecule has 0 saturated carbocycles. The van der Waals surface area contributed by atoms with Crippen molar-refractivity contribution in [3.05, 3.63) is 81.9 Å². The quantitative estimate of drug-likeness (QED) is 0.163. The van der Waals surface area contributed by atoms with E-state index in [9.17, 15) is 9.59 Å². The summed E-state index contributed by atoms with van der Waals surface area (Å²) in [5.74, 6) is 4.66. The fourth-order valence-corrected chi connectivity index (χ4v) is 5.11. The summed E-state index contributed by atoms with van der Waals surface area (Å²) >= 11 is 0. The first-order valence-electron chi connectivity index (χ1n) is 15.1. The summed E-state index contributed by atoms with van der Waals surface area (Å²) < 4.78 is 32.5. The first-order chi connectivity index (χ1) is 22.5.